The van der Waals surface area contributed by atoms with E-state index in [4.69, 9.17) is 11.6 Å². The highest BCUT2D eigenvalue weighted by molar-refractivity contribution is 7.18. The monoisotopic (exact) mass is 555 g/mol. The molecular weight excluding hydrogens is 522 g/mol. The van der Waals surface area contributed by atoms with Gasteiger partial charge in [-0.15, -0.1) is 11.3 Å². The zero-order chi connectivity index (χ0) is 27.5. The van der Waals surface area contributed by atoms with Crippen LogP contribution in [0.4, 0.5) is 0 Å². The molecule has 0 unspecified atom stereocenters. The number of aromatic nitrogens is 1. The van der Waals surface area contributed by atoms with Gasteiger partial charge in [-0.2, -0.15) is 0 Å². The van der Waals surface area contributed by atoms with Crippen molar-refractivity contribution in [2.24, 2.45) is 0 Å². The van der Waals surface area contributed by atoms with Gasteiger partial charge < -0.3 is 20.9 Å². The summed E-state index contributed by atoms with van der Waals surface area (Å²) in [6, 6.07) is 14.0. The summed E-state index contributed by atoms with van der Waals surface area (Å²) in [5, 5.41) is 10.1. The van der Waals surface area contributed by atoms with Crippen molar-refractivity contribution in [1.82, 2.24) is 25.8 Å². The van der Waals surface area contributed by atoms with E-state index in [9.17, 15) is 14.4 Å². The number of hydrogen-bond donors (Lipinski definition) is 3. The van der Waals surface area contributed by atoms with E-state index in [0.29, 0.717) is 18.0 Å². The molecule has 0 aliphatic rings. The van der Waals surface area contributed by atoms with Gasteiger partial charge in [-0.05, 0) is 44.3 Å². The van der Waals surface area contributed by atoms with Crippen LogP contribution in [-0.2, 0) is 27.2 Å². The Morgan fingerprint density at radius 3 is 2.55 bits per heavy atom. The molecule has 0 bridgehead atoms. The van der Waals surface area contributed by atoms with E-state index < -0.39 is 6.04 Å². The van der Waals surface area contributed by atoms with Gasteiger partial charge in [0, 0.05) is 37.0 Å². The first-order chi connectivity index (χ1) is 18.2. The summed E-state index contributed by atoms with van der Waals surface area (Å²) in [6.07, 6.45) is 4.28. The van der Waals surface area contributed by atoms with E-state index in [1.165, 1.54) is 17.4 Å². The molecule has 3 amide bonds. The fourth-order valence-electron chi connectivity index (χ4n) is 3.74. The largest absolute Gasteiger partial charge is 0.350 e. The van der Waals surface area contributed by atoms with Gasteiger partial charge >= 0.3 is 0 Å². The van der Waals surface area contributed by atoms with E-state index in [2.05, 4.69) is 20.9 Å². The molecule has 1 aromatic heterocycles. The molecule has 0 spiro atoms. The smallest absolute Gasteiger partial charge is 0.243 e. The number of carbonyl (C=O) groups excluding carboxylic acids is 3. The minimum Gasteiger partial charge on any atom is -0.350 e. The molecule has 3 N–H and O–H groups in total. The van der Waals surface area contributed by atoms with Gasteiger partial charge in [0.2, 0.25) is 17.7 Å². The van der Waals surface area contributed by atoms with Crippen molar-refractivity contribution in [1.29, 1.82) is 0 Å². The lowest BCUT2D eigenvalue weighted by atomic mass is 10.0. The van der Waals surface area contributed by atoms with Gasteiger partial charge in [-0.3, -0.25) is 14.4 Å². The molecule has 0 fully saturated rings. The number of likely N-dealkylation sites (N-methyl/N-ethyl adjacent to an activating group) is 1. The van der Waals surface area contributed by atoms with E-state index in [1.807, 2.05) is 61.5 Å². The number of hydrogen-bond acceptors (Lipinski definition) is 6. The number of nitrogens with one attached hydrogen (secondary N) is 3. The van der Waals surface area contributed by atoms with Crippen LogP contribution < -0.4 is 16.0 Å². The predicted octanol–water partition coefficient (Wildman–Crippen LogP) is 3.35. The molecule has 2 atom stereocenters. The summed E-state index contributed by atoms with van der Waals surface area (Å²) in [5.41, 5.74) is 1.81. The second kappa shape index (κ2) is 14.6. The Hall–Kier alpha value is -3.27. The molecule has 202 valence electrons. The first-order valence-corrected chi connectivity index (χ1v) is 13.7. The molecule has 0 saturated heterocycles. The van der Waals surface area contributed by atoms with Crippen LogP contribution in [0.2, 0.25) is 5.02 Å². The number of thiazole rings is 1. The first-order valence-electron chi connectivity index (χ1n) is 12.5. The molecular formula is C28H34ClN5O3S. The Balaban J connectivity index is 1.74. The van der Waals surface area contributed by atoms with Gasteiger partial charge in [0.25, 0.3) is 0 Å². The molecule has 2 aromatic carbocycles. The third kappa shape index (κ3) is 9.55. The number of rotatable bonds is 13. The van der Waals surface area contributed by atoms with Crippen molar-refractivity contribution in [3.8, 4) is 0 Å². The topological polar surface area (TPSA) is 103 Å². The van der Waals surface area contributed by atoms with Crippen molar-refractivity contribution in [3.63, 3.8) is 0 Å². The highest BCUT2D eigenvalue weighted by Crippen LogP contribution is 2.26. The second-order valence-corrected chi connectivity index (χ2v) is 10.8. The number of amides is 3. The van der Waals surface area contributed by atoms with Crippen molar-refractivity contribution in [2.45, 2.75) is 38.3 Å². The molecule has 0 aliphatic heterocycles. The number of nitrogens with zero attached hydrogens (tertiary/aromatic N) is 2. The Morgan fingerprint density at radius 2 is 1.84 bits per heavy atom. The van der Waals surface area contributed by atoms with Crippen LogP contribution in [0.3, 0.4) is 0 Å². The zero-order valence-electron chi connectivity index (χ0n) is 21.9. The second-order valence-electron chi connectivity index (χ2n) is 9.20. The van der Waals surface area contributed by atoms with Gasteiger partial charge in [0.15, 0.2) is 0 Å². The Labute approximate surface area is 232 Å². The zero-order valence-corrected chi connectivity index (χ0v) is 23.4. The summed E-state index contributed by atoms with van der Waals surface area (Å²) < 4.78 is 0.917. The standard InChI is InChI=1S/C28H34ClN5O3S/c1-4-25(35)32-23(17-27-33-22-13-12-20(29)16-24(22)38-27)28(37)31-21(15-19-9-6-5-7-10-19)18-30-26(36)11-8-14-34(2)3/h5-13,16,21,23H,4,14-15,17-18H2,1-3H3,(H,30,36)(H,31,37)(H,32,35)/b11-8+/t21-,23-/m0/s1. The molecule has 3 aromatic rings. The SMILES string of the molecule is CCC(=O)N[C@@H](Cc1nc2ccc(Cl)cc2s1)C(=O)N[C@H](CNC(=O)/C=C/CN(C)C)Cc1ccccc1. The fraction of sp³-hybridized carbons (Fsp3) is 0.357. The van der Waals surface area contributed by atoms with Crippen LogP contribution in [0.25, 0.3) is 10.2 Å². The maximum Gasteiger partial charge on any atom is 0.243 e. The Kier molecular flexibility index (Phi) is 11.3. The molecule has 1 heterocycles. The minimum atomic E-state index is -0.813. The normalized spacial score (nSPS) is 13.0. The summed E-state index contributed by atoms with van der Waals surface area (Å²) in [6.45, 7) is 2.62. The van der Waals surface area contributed by atoms with Crippen LogP contribution >= 0.6 is 22.9 Å². The highest BCUT2D eigenvalue weighted by Gasteiger charge is 2.25. The molecule has 0 radical (unpaired) electrons. The lowest BCUT2D eigenvalue weighted by Crippen LogP contribution is -2.53. The van der Waals surface area contributed by atoms with Crippen LogP contribution in [0.5, 0.6) is 0 Å². The van der Waals surface area contributed by atoms with Gasteiger partial charge in [-0.1, -0.05) is 54.9 Å². The number of benzene rings is 2. The van der Waals surface area contributed by atoms with Gasteiger partial charge in [-0.25, -0.2) is 4.98 Å². The lowest BCUT2D eigenvalue weighted by Gasteiger charge is -2.23. The molecule has 0 saturated carbocycles. The Bertz CT molecular complexity index is 1260. The fourth-order valence-corrected chi connectivity index (χ4v) is 5.03. The summed E-state index contributed by atoms with van der Waals surface area (Å²) in [5.74, 6) is -0.793. The van der Waals surface area contributed by atoms with E-state index in [0.717, 1.165) is 20.8 Å². The summed E-state index contributed by atoms with van der Waals surface area (Å²) in [4.78, 5) is 44.6. The predicted molar refractivity (Wildman–Crippen MR) is 153 cm³/mol. The maximum atomic E-state index is 13.5. The number of carbonyl (C=O) groups is 3. The minimum absolute atomic E-state index is 0.228. The average molecular weight is 556 g/mol. The number of fused-ring (bicyclic) bond motifs is 1. The third-order valence-corrected chi connectivity index (χ3v) is 6.96. The van der Waals surface area contributed by atoms with Crippen LogP contribution in [0, 0.1) is 0 Å². The first kappa shape index (κ1) is 29.3. The molecule has 8 nitrogen and oxygen atoms in total. The summed E-state index contributed by atoms with van der Waals surface area (Å²) in [7, 11) is 3.84. The van der Waals surface area contributed by atoms with Crippen molar-refractivity contribution in [3.05, 3.63) is 76.3 Å². The van der Waals surface area contributed by atoms with E-state index >= 15 is 0 Å². The van der Waals surface area contributed by atoms with Gasteiger partial charge in [0.05, 0.1) is 21.3 Å². The van der Waals surface area contributed by atoms with E-state index in [1.54, 1.807) is 19.1 Å². The van der Waals surface area contributed by atoms with Crippen LogP contribution in [0.15, 0.2) is 60.7 Å². The van der Waals surface area contributed by atoms with Crippen LogP contribution in [-0.4, -0.2) is 66.9 Å². The summed E-state index contributed by atoms with van der Waals surface area (Å²) >= 11 is 7.55. The molecule has 0 aliphatic carbocycles. The van der Waals surface area contributed by atoms with Crippen molar-refractivity contribution in [2.75, 3.05) is 27.2 Å². The van der Waals surface area contributed by atoms with Crippen molar-refractivity contribution < 1.29 is 14.4 Å². The average Bonchev–Trinajstić information content (AvgIpc) is 3.28. The van der Waals surface area contributed by atoms with E-state index in [-0.39, 0.29) is 43.1 Å². The third-order valence-electron chi connectivity index (χ3n) is 5.68. The highest BCUT2D eigenvalue weighted by atomic mass is 35.5. The quantitative estimate of drug-likeness (QED) is 0.281. The molecule has 38 heavy (non-hydrogen) atoms. The molecule has 10 heteroatoms. The van der Waals surface area contributed by atoms with Crippen molar-refractivity contribution >= 4 is 50.9 Å². The van der Waals surface area contributed by atoms with Crippen LogP contribution in [0.1, 0.15) is 23.9 Å². The Morgan fingerprint density at radius 1 is 1.08 bits per heavy atom. The molecule has 3 rings (SSSR count). The maximum absolute atomic E-state index is 13.5. The number of halogens is 1. The lowest BCUT2D eigenvalue weighted by molar-refractivity contribution is -0.129. The van der Waals surface area contributed by atoms with Gasteiger partial charge in [0.1, 0.15) is 6.04 Å².